The number of hydrogen-bond donors (Lipinski definition) is 0. The van der Waals surface area contributed by atoms with Gasteiger partial charge in [-0.05, 0) is 36.3 Å². The molecule has 7 heteroatoms. The molecule has 154 valence electrons. The zero-order valence-electron chi connectivity index (χ0n) is 17.2. The number of amides is 1. The van der Waals surface area contributed by atoms with Gasteiger partial charge in [0, 0.05) is 31.3 Å². The molecule has 2 heterocycles. The summed E-state index contributed by atoms with van der Waals surface area (Å²) in [4.78, 5) is 18.6. The number of likely N-dealkylation sites (tertiary alicyclic amines) is 1. The van der Waals surface area contributed by atoms with Crippen molar-refractivity contribution < 1.29 is 23.7 Å². The Hall–Kier alpha value is -3.22. The molecule has 29 heavy (non-hydrogen) atoms. The topological polar surface area (TPSA) is 70.1 Å². The molecule has 2 aromatic rings. The Balaban J connectivity index is 1.63. The molecule has 0 saturated carbocycles. The van der Waals surface area contributed by atoms with E-state index in [0.717, 1.165) is 17.5 Å². The minimum Gasteiger partial charge on any atom is -0.493 e. The lowest BCUT2D eigenvalue weighted by Crippen LogP contribution is -2.29. The van der Waals surface area contributed by atoms with Crippen LogP contribution in [-0.4, -0.2) is 56.3 Å². The first kappa shape index (κ1) is 20.5. The summed E-state index contributed by atoms with van der Waals surface area (Å²) in [6.07, 6.45) is 5.78. The highest BCUT2D eigenvalue weighted by atomic mass is 16.5. The molecule has 3 rings (SSSR count). The lowest BCUT2D eigenvalue weighted by Gasteiger charge is -2.15. The summed E-state index contributed by atoms with van der Waals surface area (Å²) in [7, 11) is 4.67. The smallest absolute Gasteiger partial charge is 0.246 e. The quantitative estimate of drug-likeness (QED) is 0.668. The molecule has 7 nitrogen and oxygen atoms in total. The van der Waals surface area contributed by atoms with Gasteiger partial charge in [-0.1, -0.05) is 6.07 Å². The van der Waals surface area contributed by atoms with Crippen LogP contribution >= 0.6 is 0 Å². The second kappa shape index (κ2) is 9.32. The first-order chi connectivity index (χ1) is 14.0. The molecule has 0 N–H and O–H groups in total. The fourth-order valence-corrected chi connectivity index (χ4v) is 3.19. The van der Waals surface area contributed by atoms with Gasteiger partial charge in [0.2, 0.25) is 17.5 Å². The number of pyridine rings is 1. The molecule has 1 saturated heterocycles. The first-order valence-electron chi connectivity index (χ1n) is 9.40. The zero-order valence-corrected chi connectivity index (χ0v) is 17.2. The van der Waals surface area contributed by atoms with Gasteiger partial charge in [0.1, 0.15) is 6.10 Å². The van der Waals surface area contributed by atoms with E-state index in [0.29, 0.717) is 36.2 Å². The number of aryl methyl sites for hydroxylation is 1. The number of rotatable bonds is 7. The fraction of sp³-hybridized carbons (Fsp3) is 0.364. The molecular formula is C22H26N2O5. The van der Waals surface area contributed by atoms with E-state index >= 15 is 0 Å². The molecule has 1 aromatic heterocycles. The molecular weight excluding hydrogens is 372 g/mol. The van der Waals surface area contributed by atoms with E-state index in [1.807, 2.05) is 19.1 Å². The van der Waals surface area contributed by atoms with Crippen molar-refractivity contribution in [1.29, 1.82) is 0 Å². The molecule has 1 aliphatic rings. The maximum atomic E-state index is 12.6. The molecule has 1 amide bonds. The Morgan fingerprint density at radius 2 is 1.86 bits per heavy atom. The number of carbonyl (C=O) groups excluding carboxylic acids is 1. The first-order valence-corrected chi connectivity index (χ1v) is 9.40. The van der Waals surface area contributed by atoms with Crippen molar-refractivity contribution in [3.05, 3.63) is 47.7 Å². The fourth-order valence-electron chi connectivity index (χ4n) is 3.19. The van der Waals surface area contributed by atoms with Crippen molar-refractivity contribution in [3.63, 3.8) is 0 Å². The summed E-state index contributed by atoms with van der Waals surface area (Å²) in [5, 5.41) is 0. The highest BCUT2D eigenvalue weighted by Gasteiger charge is 2.26. The summed E-state index contributed by atoms with van der Waals surface area (Å²) in [6, 6.07) is 7.40. The molecule has 1 aliphatic heterocycles. The Labute approximate surface area is 170 Å². The third-order valence-corrected chi connectivity index (χ3v) is 4.73. The largest absolute Gasteiger partial charge is 0.493 e. The van der Waals surface area contributed by atoms with E-state index in [-0.39, 0.29) is 12.0 Å². The lowest BCUT2D eigenvalue weighted by molar-refractivity contribution is -0.125. The highest BCUT2D eigenvalue weighted by Crippen LogP contribution is 2.38. The van der Waals surface area contributed by atoms with Crippen LogP contribution in [0.15, 0.2) is 36.5 Å². The second-order valence-corrected chi connectivity index (χ2v) is 6.78. The normalized spacial score (nSPS) is 16.1. The van der Waals surface area contributed by atoms with Crippen molar-refractivity contribution in [2.45, 2.75) is 19.4 Å². The number of benzene rings is 1. The van der Waals surface area contributed by atoms with Gasteiger partial charge < -0.3 is 23.8 Å². The third-order valence-electron chi connectivity index (χ3n) is 4.73. The number of ether oxygens (including phenoxy) is 4. The Morgan fingerprint density at radius 3 is 2.45 bits per heavy atom. The predicted octanol–water partition coefficient (Wildman–Crippen LogP) is 3.11. The van der Waals surface area contributed by atoms with Crippen LogP contribution < -0.4 is 18.9 Å². The second-order valence-electron chi connectivity index (χ2n) is 6.78. The molecule has 1 atom stereocenters. The summed E-state index contributed by atoms with van der Waals surface area (Å²) in [5.74, 6) is 2.12. The van der Waals surface area contributed by atoms with Crippen LogP contribution in [-0.2, 0) is 4.79 Å². The zero-order chi connectivity index (χ0) is 20.8. The maximum Gasteiger partial charge on any atom is 0.246 e. The molecule has 0 bridgehead atoms. The van der Waals surface area contributed by atoms with Gasteiger partial charge in [-0.2, -0.15) is 0 Å². The average Bonchev–Trinajstić information content (AvgIpc) is 3.21. The molecule has 0 spiro atoms. The molecule has 1 aromatic carbocycles. The van der Waals surface area contributed by atoms with Crippen LogP contribution in [0.5, 0.6) is 23.1 Å². The SMILES string of the molecule is COc1cc(/C=C/C(=O)N2CCC(Oc3ccc(C)cn3)C2)cc(OC)c1OC. The predicted molar refractivity (Wildman–Crippen MR) is 110 cm³/mol. The van der Waals surface area contributed by atoms with Gasteiger partial charge in [-0.3, -0.25) is 4.79 Å². The van der Waals surface area contributed by atoms with Crippen LogP contribution in [0.1, 0.15) is 17.5 Å². The van der Waals surface area contributed by atoms with E-state index in [9.17, 15) is 4.79 Å². The summed E-state index contributed by atoms with van der Waals surface area (Å²) in [5.41, 5.74) is 1.86. The van der Waals surface area contributed by atoms with Gasteiger partial charge in [-0.15, -0.1) is 0 Å². The van der Waals surface area contributed by atoms with Crippen molar-refractivity contribution >= 4 is 12.0 Å². The van der Waals surface area contributed by atoms with Crippen LogP contribution in [0.2, 0.25) is 0 Å². The van der Waals surface area contributed by atoms with Gasteiger partial charge in [0.25, 0.3) is 0 Å². The van der Waals surface area contributed by atoms with Crippen LogP contribution in [0.4, 0.5) is 0 Å². The Kier molecular flexibility index (Phi) is 6.59. The third kappa shape index (κ3) is 4.99. The standard InChI is InChI=1S/C22H26N2O5/c1-15-5-7-20(23-13-15)29-17-9-10-24(14-17)21(25)8-6-16-11-18(26-2)22(28-4)19(12-16)27-3/h5-8,11-13,17H,9-10,14H2,1-4H3/b8-6+. The van der Waals surface area contributed by atoms with Gasteiger partial charge in [0.05, 0.1) is 27.9 Å². The average molecular weight is 398 g/mol. The van der Waals surface area contributed by atoms with Gasteiger partial charge in [-0.25, -0.2) is 4.98 Å². The number of hydrogen-bond acceptors (Lipinski definition) is 6. The van der Waals surface area contributed by atoms with E-state index < -0.39 is 0 Å². The summed E-state index contributed by atoms with van der Waals surface area (Å²) >= 11 is 0. The number of aromatic nitrogens is 1. The van der Waals surface area contributed by atoms with Crippen LogP contribution in [0, 0.1) is 6.92 Å². The van der Waals surface area contributed by atoms with E-state index in [4.69, 9.17) is 18.9 Å². The van der Waals surface area contributed by atoms with Crippen molar-refractivity contribution in [2.75, 3.05) is 34.4 Å². The lowest BCUT2D eigenvalue weighted by atomic mass is 10.1. The number of carbonyl (C=O) groups is 1. The summed E-state index contributed by atoms with van der Waals surface area (Å²) in [6.45, 7) is 3.16. The minimum absolute atomic E-state index is 0.0521. The maximum absolute atomic E-state index is 12.6. The van der Waals surface area contributed by atoms with Gasteiger partial charge in [0.15, 0.2) is 11.5 Å². The minimum atomic E-state index is -0.0679. The molecule has 1 fully saturated rings. The Morgan fingerprint density at radius 1 is 1.14 bits per heavy atom. The van der Waals surface area contributed by atoms with Gasteiger partial charge >= 0.3 is 0 Å². The number of nitrogens with zero attached hydrogens (tertiary/aromatic N) is 2. The highest BCUT2D eigenvalue weighted by molar-refractivity contribution is 5.92. The molecule has 1 unspecified atom stereocenters. The van der Waals surface area contributed by atoms with E-state index in [1.165, 1.54) is 0 Å². The molecule has 0 radical (unpaired) electrons. The summed E-state index contributed by atoms with van der Waals surface area (Å²) < 4.78 is 21.9. The van der Waals surface area contributed by atoms with Crippen molar-refractivity contribution in [2.24, 2.45) is 0 Å². The van der Waals surface area contributed by atoms with Crippen molar-refractivity contribution in [3.8, 4) is 23.1 Å². The monoisotopic (exact) mass is 398 g/mol. The van der Waals surface area contributed by atoms with E-state index in [1.54, 1.807) is 56.7 Å². The van der Waals surface area contributed by atoms with Crippen LogP contribution in [0.25, 0.3) is 6.08 Å². The molecule has 0 aliphatic carbocycles. The van der Waals surface area contributed by atoms with Crippen molar-refractivity contribution in [1.82, 2.24) is 9.88 Å². The van der Waals surface area contributed by atoms with E-state index in [2.05, 4.69) is 4.98 Å². The number of methoxy groups -OCH3 is 3. The Bertz CT molecular complexity index is 854. The van der Waals surface area contributed by atoms with Crippen LogP contribution in [0.3, 0.4) is 0 Å².